The number of hydrogen-bond donors (Lipinski definition) is 3. The first-order valence-corrected chi connectivity index (χ1v) is 11.6. The highest BCUT2D eigenvalue weighted by Crippen LogP contribution is 2.44. The smallest absolute Gasteiger partial charge is 0.407 e. The number of ether oxygens (including phenoxy) is 1. The van der Waals surface area contributed by atoms with Gasteiger partial charge in [-0.2, -0.15) is 0 Å². The van der Waals surface area contributed by atoms with Gasteiger partial charge in [-0.3, -0.25) is 9.59 Å². The molecule has 2 aromatic rings. The maximum absolute atomic E-state index is 13.2. The Kier molecular flexibility index (Phi) is 7.17. The second kappa shape index (κ2) is 10.3. The van der Waals surface area contributed by atoms with E-state index in [9.17, 15) is 24.6 Å². The van der Waals surface area contributed by atoms with Gasteiger partial charge in [0.2, 0.25) is 5.91 Å². The number of carboxylic acids is 1. The van der Waals surface area contributed by atoms with Crippen LogP contribution in [-0.4, -0.2) is 64.9 Å². The minimum Gasteiger partial charge on any atom is -0.481 e. The van der Waals surface area contributed by atoms with E-state index >= 15 is 0 Å². The standard InChI is InChI=1S/C26H30N2O6/c1-16-7-6-12-28(23(16)14-29)25(32)22(13-24(30)31)27-26(33)34-15-21-19-10-4-2-8-17(19)18-9-3-5-11-20(18)21/h2-5,8-11,16,21-23,29H,6-7,12-15H2,1H3,(H,27,33)(H,30,31)/t16-,22?,23-/m1/s1. The molecule has 1 aliphatic carbocycles. The molecule has 1 saturated heterocycles. The minimum atomic E-state index is -1.27. The minimum absolute atomic E-state index is 0.0633. The number of alkyl carbamates (subject to hydrolysis) is 1. The maximum atomic E-state index is 13.2. The summed E-state index contributed by atoms with van der Waals surface area (Å²) < 4.78 is 5.50. The lowest BCUT2D eigenvalue weighted by atomic mass is 9.90. The average Bonchev–Trinajstić information content (AvgIpc) is 3.15. The third-order valence-corrected chi connectivity index (χ3v) is 6.90. The van der Waals surface area contributed by atoms with Crippen LogP contribution >= 0.6 is 0 Å². The van der Waals surface area contributed by atoms with Crippen molar-refractivity contribution in [1.82, 2.24) is 10.2 Å². The average molecular weight is 467 g/mol. The van der Waals surface area contributed by atoms with Crippen molar-refractivity contribution in [2.24, 2.45) is 5.92 Å². The molecular formula is C26H30N2O6. The number of fused-ring (bicyclic) bond motifs is 3. The number of nitrogens with one attached hydrogen (secondary N) is 1. The number of nitrogens with zero attached hydrogens (tertiary/aromatic N) is 1. The molecule has 3 atom stereocenters. The molecule has 0 saturated carbocycles. The third kappa shape index (κ3) is 4.77. The largest absolute Gasteiger partial charge is 0.481 e. The second-order valence-electron chi connectivity index (χ2n) is 9.02. The molecule has 1 heterocycles. The molecule has 2 aliphatic rings. The Morgan fingerprint density at radius 3 is 2.29 bits per heavy atom. The summed E-state index contributed by atoms with van der Waals surface area (Å²) in [4.78, 5) is 38.7. The van der Waals surface area contributed by atoms with Gasteiger partial charge in [0.1, 0.15) is 12.6 Å². The Morgan fingerprint density at radius 1 is 1.09 bits per heavy atom. The Bertz CT molecular complexity index is 1030. The van der Waals surface area contributed by atoms with E-state index in [1.165, 1.54) is 4.90 Å². The lowest BCUT2D eigenvalue weighted by molar-refractivity contribution is -0.145. The highest BCUT2D eigenvalue weighted by atomic mass is 16.5. The number of carbonyl (C=O) groups excluding carboxylic acids is 2. The van der Waals surface area contributed by atoms with Crippen LogP contribution in [0.3, 0.4) is 0 Å². The molecule has 0 spiro atoms. The van der Waals surface area contributed by atoms with Crippen molar-refractivity contribution < 1.29 is 29.3 Å². The number of aliphatic hydroxyl groups is 1. The molecule has 8 heteroatoms. The Balaban J connectivity index is 1.45. The van der Waals surface area contributed by atoms with E-state index in [0.717, 1.165) is 35.1 Å². The predicted molar refractivity (Wildman–Crippen MR) is 125 cm³/mol. The number of likely N-dealkylation sites (tertiary alicyclic amines) is 1. The van der Waals surface area contributed by atoms with Crippen molar-refractivity contribution in [2.45, 2.75) is 44.2 Å². The summed E-state index contributed by atoms with van der Waals surface area (Å²) in [6.45, 7) is 2.22. The van der Waals surface area contributed by atoms with Gasteiger partial charge in [-0.05, 0) is 41.0 Å². The number of aliphatic carboxylic acids is 1. The van der Waals surface area contributed by atoms with E-state index in [1.54, 1.807) is 0 Å². The van der Waals surface area contributed by atoms with Crippen LogP contribution in [0.15, 0.2) is 48.5 Å². The third-order valence-electron chi connectivity index (χ3n) is 6.90. The Morgan fingerprint density at radius 2 is 1.71 bits per heavy atom. The molecule has 0 bridgehead atoms. The molecule has 0 aromatic heterocycles. The molecule has 4 rings (SSSR count). The van der Waals surface area contributed by atoms with Crippen LogP contribution in [0.25, 0.3) is 11.1 Å². The molecule has 34 heavy (non-hydrogen) atoms. The van der Waals surface area contributed by atoms with Crippen LogP contribution in [-0.2, 0) is 14.3 Å². The first-order chi connectivity index (χ1) is 16.4. The predicted octanol–water partition coefficient (Wildman–Crippen LogP) is 2.99. The fourth-order valence-corrected chi connectivity index (χ4v) is 5.16. The molecule has 0 radical (unpaired) electrons. The summed E-state index contributed by atoms with van der Waals surface area (Å²) in [5.74, 6) is -1.78. The topological polar surface area (TPSA) is 116 Å². The molecule has 180 valence electrons. The summed E-state index contributed by atoms with van der Waals surface area (Å²) >= 11 is 0. The van der Waals surface area contributed by atoms with E-state index in [-0.39, 0.29) is 25.0 Å². The van der Waals surface area contributed by atoms with Crippen molar-refractivity contribution in [2.75, 3.05) is 19.8 Å². The number of amides is 2. The summed E-state index contributed by atoms with van der Waals surface area (Å²) in [7, 11) is 0. The van der Waals surface area contributed by atoms with Gasteiger partial charge < -0.3 is 25.2 Å². The van der Waals surface area contributed by atoms with Gasteiger partial charge in [0.15, 0.2) is 0 Å². The lowest BCUT2D eigenvalue weighted by Crippen LogP contribution is -2.57. The van der Waals surface area contributed by atoms with Crippen LogP contribution < -0.4 is 5.32 Å². The van der Waals surface area contributed by atoms with Gasteiger partial charge >= 0.3 is 12.1 Å². The Hall–Kier alpha value is -3.39. The molecular weight excluding hydrogens is 436 g/mol. The monoisotopic (exact) mass is 466 g/mol. The Labute approximate surface area is 198 Å². The van der Waals surface area contributed by atoms with Crippen LogP contribution in [0.2, 0.25) is 0 Å². The van der Waals surface area contributed by atoms with Gasteiger partial charge in [0, 0.05) is 12.5 Å². The van der Waals surface area contributed by atoms with Crippen molar-refractivity contribution in [3.05, 3.63) is 59.7 Å². The van der Waals surface area contributed by atoms with E-state index in [4.69, 9.17) is 4.74 Å². The van der Waals surface area contributed by atoms with Crippen molar-refractivity contribution in [1.29, 1.82) is 0 Å². The molecule has 1 unspecified atom stereocenters. The first-order valence-electron chi connectivity index (χ1n) is 11.6. The zero-order valence-electron chi connectivity index (χ0n) is 19.1. The highest BCUT2D eigenvalue weighted by molar-refractivity contribution is 5.89. The lowest BCUT2D eigenvalue weighted by Gasteiger charge is -2.40. The molecule has 3 N–H and O–H groups in total. The van der Waals surface area contributed by atoms with E-state index < -0.39 is 36.5 Å². The van der Waals surface area contributed by atoms with Gasteiger partial charge in [-0.25, -0.2) is 4.79 Å². The zero-order valence-corrected chi connectivity index (χ0v) is 19.1. The number of hydrogen-bond acceptors (Lipinski definition) is 5. The summed E-state index contributed by atoms with van der Waals surface area (Å²) in [6.07, 6.45) is 0.227. The van der Waals surface area contributed by atoms with E-state index in [2.05, 4.69) is 5.32 Å². The van der Waals surface area contributed by atoms with Gasteiger partial charge in [0.25, 0.3) is 0 Å². The fraction of sp³-hybridized carbons (Fsp3) is 0.423. The zero-order chi connectivity index (χ0) is 24.2. The molecule has 2 aromatic carbocycles. The summed E-state index contributed by atoms with van der Waals surface area (Å²) in [6, 6.07) is 14.2. The van der Waals surface area contributed by atoms with Crippen molar-refractivity contribution in [3.63, 3.8) is 0 Å². The number of rotatable bonds is 7. The van der Waals surface area contributed by atoms with Gasteiger partial charge in [-0.15, -0.1) is 0 Å². The molecule has 1 aliphatic heterocycles. The van der Waals surface area contributed by atoms with Crippen LogP contribution in [0.5, 0.6) is 0 Å². The van der Waals surface area contributed by atoms with Crippen LogP contribution in [0.4, 0.5) is 4.79 Å². The first kappa shape index (κ1) is 23.8. The number of aliphatic hydroxyl groups excluding tert-OH is 1. The number of carboxylic acid groups (broad SMARTS) is 1. The van der Waals surface area contributed by atoms with Crippen LogP contribution in [0.1, 0.15) is 43.2 Å². The van der Waals surface area contributed by atoms with Gasteiger partial charge in [-0.1, -0.05) is 55.5 Å². The van der Waals surface area contributed by atoms with E-state index in [0.29, 0.717) is 6.54 Å². The van der Waals surface area contributed by atoms with Gasteiger partial charge in [0.05, 0.1) is 19.1 Å². The number of piperidine rings is 1. The number of benzene rings is 2. The quantitative estimate of drug-likeness (QED) is 0.578. The number of carbonyl (C=O) groups is 3. The molecule has 1 fully saturated rings. The van der Waals surface area contributed by atoms with Crippen molar-refractivity contribution >= 4 is 18.0 Å². The van der Waals surface area contributed by atoms with Crippen molar-refractivity contribution in [3.8, 4) is 11.1 Å². The summed E-state index contributed by atoms with van der Waals surface area (Å²) in [5.41, 5.74) is 4.31. The van der Waals surface area contributed by atoms with Crippen LogP contribution in [0, 0.1) is 5.92 Å². The molecule has 2 amide bonds. The van der Waals surface area contributed by atoms with E-state index in [1.807, 2.05) is 55.5 Å². The SMILES string of the molecule is C[C@@H]1CCCN(C(=O)C(CC(=O)O)NC(=O)OCC2c3ccccc3-c3ccccc32)[C@@H]1CO. The summed E-state index contributed by atoms with van der Waals surface area (Å²) in [5, 5.41) is 21.6. The second-order valence-corrected chi connectivity index (χ2v) is 9.02. The fourth-order valence-electron chi connectivity index (χ4n) is 5.16. The maximum Gasteiger partial charge on any atom is 0.407 e. The molecule has 8 nitrogen and oxygen atoms in total. The highest BCUT2D eigenvalue weighted by Gasteiger charge is 2.37. The normalized spacial score (nSPS) is 20.2.